The number of thiophene rings is 1. The molecular formula is C14H22N2O3S2. The lowest BCUT2D eigenvalue weighted by Gasteiger charge is -2.34. The third-order valence-corrected chi connectivity index (χ3v) is 7.10. The van der Waals surface area contributed by atoms with Crippen molar-refractivity contribution in [3.05, 3.63) is 22.4 Å². The zero-order valence-corrected chi connectivity index (χ0v) is 13.7. The van der Waals surface area contributed by atoms with Crippen LogP contribution in [0.1, 0.15) is 31.2 Å². The number of piperidine rings is 1. The highest BCUT2D eigenvalue weighted by atomic mass is 32.2. The zero-order valence-electron chi connectivity index (χ0n) is 12.0. The van der Waals surface area contributed by atoms with Gasteiger partial charge in [0.25, 0.3) is 10.2 Å². The van der Waals surface area contributed by atoms with E-state index in [2.05, 4.69) is 0 Å². The summed E-state index contributed by atoms with van der Waals surface area (Å²) in [5, 5.41) is 13.2. The molecule has 118 valence electrons. The minimum atomic E-state index is -3.38. The highest BCUT2D eigenvalue weighted by molar-refractivity contribution is 7.86. The molecule has 5 nitrogen and oxygen atoms in total. The van der Waals surface area contributed by atoms with Crippen molar-refractivity contribution in [1.29, 1.82) is 0 Å². The smallest absolute Gasteiger partial charge is 0.282 e. The Morgan fingerprint density at radius 1 is 1.29 bits per heavy atom. The predicted molar refractivity (Wildman–Crippen MR) is 83.2 cm³/mol. The van der Waals surface area contributed by atoms with Crippen LogP contribution in [0, 0.1) is 5.92 Å². The van der Waals surface area contributed by atoms with Crippen LogP contribution in [0.3, 0.4) is 0 Å². The highest BCUT2D eigenvalue weighted by Crippen LogP contribution is 2.33. The predicted octanol–water partition coefficient (Wildman–Crippen LogP) is 1.66. The molecular weight excluding hydrogens is 308 g/mol. The topological polar surface area (TPSA) is 60.9 Å². The highest BCUT2D eigenvalue weighted by Gasteiger charge is 2.41. The van der Waals surface area contributed by atoms with E-state index < -0.39 is 10.2 Å². The van der Waals surface area contributed by atoms with Gasteiger partial charge in [-0.2, -0.15) is 28.4 Å². The number of aliphatic hydroxyl groups is 1. The fourth-order valence-electron chi connectivity index (χ4n) is 2.80. The SMILES string of the molecule is O=S(=O)(N1CCC(CO)CC1)N(Cc1ccsc1)C1CC1. The molecule has 1 aromatic heterocycles. The Bertz CT molecular complexity index is 547. The van der Waals surface area contributed by atoms with E-state index in [1.165, 1.54) is 0 Å². The maximum Gasteiger partial charge on any atom is 0.282 e. The molecule has 0 aromatic carbocycles. The summed E-state index contributed by atoms with van der Waals surface area (Å²) < 4.78 is 29.0. The normalized spacial score (nSPS) is 22.0. The fraction of sp³-hybridized carbons (Fsp3) is 0.714. The van der Waals surface area contributed by atoms with Gasteiger partial charge in [-0.15, -0.1) is 0 Å². The van der Waals surface area contributed by atoms with E-state index in [9.17, 15) is 13.5 Å². The van der Waals surface area contributed by atoms with Crippen molar-refractivity contribution in [3.8, 4) is 0 Å². The van der Waals surface area contributed by atoms with Crippen molar-refractivity contribution in [1.82, 2.24) is 8.61 Å². The van der Waals surface area contributed by atoms with E-state index in [1.54, 1.807) is 19.9 Å². The second kappa shape index (κ2) is 6.34. The first-order chi connectivity index (χ1) is 10.1. The van der Waals surface area contributed by atoms with E-state index >= 15 is 0 Å². The standard InChI is InChI=1S/C14H22N2O3S2/c17-10-12-3-6-15(7-4-12)21(18,19)16(14-1-2-14)9-13-5-8-20-11-13/h5,8,11-12,14,17H,1-4,6-7,9-10H2. The largest absolute Gasteiger partial charge is 0.396 e. The van der Waals surface area contributed by atoms with Crippen molar-refractivity contribution in [2.45, 2.75) is 38.3 Å². The molecule has 1 N–H and O–H groups in total. The molecule has 1 aromatic rings. The van der Waals surface area contributed by atoms with E-state index in [0.717, 1.165) is 31.2 Å². The molecule has 7 heteroatoms. The van der Waals surface area contributed by atoms with Crippen LogP contribution >= 0.6 is 11.3 Å². The molecule has 2 heterocycles. The van der Waals surface area contributed by atoms with E-state index in [0.29, 0.717) is 19.6 Å². The summed E-state index contributed by atoms with van der Waals surface area (Å²) in [6.45, 7) is 1.70. The van der Waals surface area contributed by atoms with Crippen molar-refractivity contribution in [3.63, 3.8) is 0 Å². The second-order valence-corrected chi connectivity index (χ2v) is 8.60. The molecule has 3 rings (SSSR count). The van der Waals surface area contributed by atoms with Gasteiger partial charge in [-0.1, -0.05) is 0 Å². The third kappa shape index (κ3) is 3.48. The Kier molecular flexibility index (Phi) is 4.66. The van der Waals surface area contributed by atoms with Gasteiger partial charge in [-0.25, -0.2) is 0 Å². The molecule has 1 aliphatic heterocycles. The van der Waals surface area contributed by atoms with Crippen LogP contribution < -0.4 is 0 Å². The fourth-order valence-corrected chi connectivity index (χ4v) is 5.32. The molecule has 0 amide bonds. The quantitative estimate of drug-likeness (QED) is 0.863. The summed E-state index contributed by atoms with van der Waals surface area (Å²) in [4.78, 5) is 0. The Labute approximate surface area is 130 Å². The van der Waals surface area contributed by atoms with Gasteiger partial charge in [0.15, 0.2) is 0 Å². The molecule has 0 radical (unpaired) electrons. The summed E-state index contributed by atoms with van der Waals surface area (Å²) in [7, 11) is -3.38. The van der Waals surface area contributed by atoms with Crippen molar-refractivity contribution in [2.24, 2.45) is 5.92 Å². The van der Waals surface area contributed by atoms with Crippen molar-refractivity contribution >= 4 is 21.5 Å². The minimum Gasteiger partial charge on any atom is -0.396 e. The summed E-state index contributed by atoms with van der Waals surface area (Å²) in [5.41, 5.74) is 1.07. The second-order valence-electron chi connectivity index (χ2n) is 5.94. The Balaban J connectivity index is 1.72. The molecule has 1 saturated heterocycles. The zero-order chi connectivity index (χ0) is 14.9. The number of nitrogens with zero attached hydrogens (tertiary/aromatic N) is 2. The molecule has 0 spiro atoms. The van der Waals surface area contributed by atoms with E-state index in [4.69, 9.17) is 0 Å². The van der Waals surface area contributed by atoms with Gasteiger partial charge in [0.05, 0.1) is 0 Å². The average Bonchev–Trinajstić information content (AvgIpc) is 3.20. The van der Waals surface area contributed by atoms with Crippen molar-refractivity contribution in [2.75, 3.05) is 19.7 Å². The first kappa shape index (κ1) is 15.4. The van der Waals surface area contributed by atoms with Crippen LogP contribution in [0.5, 0.6) is 0 Å². The number of hydrogen-bond acceptors (Lipinski definition) is 4. The number of aliphatic hydroxyl groups excluding tert-OH is 1. The molecule has 2 fully saturated rings. The van der Waals surface area contributed by atoms with Crippen LogP contribution in [-0.2, 0) is 16.8 Å². The monoisotopic (exact) mass is 330 g/mol. The Hall–Kier alpha value is -0.470. The van der Waals surface area contributed by atoms with Gasteiger partial charge in [-0.3, -0.25) is 0 Å². The maximum atomic E-state index is 12.9. The first-order valence-electron chi connectivity index (χ1n) is 7.50. The summed E-state index contributed by atoms with van der Waals surface area (Å²) >= 11 is 1.60. The van der Waals surface area contributed by atoms with Crippen LogP contribution in [-0.4, -0.2) is 47.9 Å². The van der Waals surface area contributed by atoms with E-state index in [-0.39, 0.29) is 18.6 Å². The lowest BCUT2D eigenvalue weighted by molar-refractivity contribution is 0.165. The molecule has 1 aliphatic carbocycles. The molecule has 0 bridgehead atoms. The Morgan fingerprint density at radius 2 is 2.00 bits per heavy atom. The summed E-state index contributed by atoms with van der Waals surface area (Å²) in [6.07, 6.45) is 3.45. The van der Waals surface area contributed by atoms with Gasteiger partial charge in [0.1, 0.15) is 0 Å². The van der Waals surface area contributed by atoms with Crippen LogP contribution in [0.25, 0.3) is 0 Å². The van der Waals surface area contributed by atoms with Crippen LogP contribution in [0.2, 0.25) is 0 Å². The summed E-state index contributed by atoms with van der Waals surface area (Å²) in [5.74, 6) is 0.252. The third-order valence-electron chi connectivity index (χ3n) is 4.33. The Morgan fingerprint density at radius 3 is 2.52 bits per heavy atom. The van der Waals surface area contributed by atoms with Gasteiger partial charge >= 0.3 is 0 Å². The average molecular weight is 330 g/mol. The molecule has 21 heavy (non-hydrogen) atoms. The van der Waals surface area contributed by atoms with Gasteiger partial charge in [0.2, 0.25) is 0 Å². The van der Waals surface area contributed by atoms with E-state index in [1.807, 2.05) is 16.8 Å². The minimum absolute atomic E-state index is 0.162. The molecule has 2 aliphatic rings. The number of rotatable bonds is 6. The summed E-state index contributed by atoms with van der Waals surface area (Å²) in [6, 6.07) is 2.17. The van der Waals surface area contributed by atoms with Crippen LogP contribution in [0.4, 0.5) is 0 Å². The maximum absolute atomic E-state index is 12.9. The lowest BCUT2D eigenvalue weighted by atomic mass is 10.00. The lowest BCUT2D eigenvalue weighted by Crippen LogP contribution is -2.48. The van der Waals surface area contributed by atoms with Gasteiger partial charge in [0, 0.05) is 32.3 Å². The van der Waals surface area contributed by atoms with Crippen molar-refractivity contribution < 1.29 is 13.5 Å². The van der Waals surface area contributed by atoms with Gasteiger partial charge < -0.3 is 5.11 Å². The molecule has 0 atom stereocenters. The molecule has 1 saturated carbocycles. The van der Waals surface area contributed by atoms with Gasteiger partial charge in [-0.05, 0) is 54.0 Å². The molecule has 0 unspecified atom stereocenters. The number of hydrogen-bond donors (Lipinski definition) is 1. The first-order valence-corrected chi connectivity index (χ1v) is 9.84. The van der Waals surface area contributed by atoms with Crippen LogP contribution in [0.15, 0.2) is 16.8 Å².